The second kappa shape index (κ2) is 5.56. The molecule has 2 atom stereocenters. The van der Waals surface area contributed by atoms with E-state index >= 15 is 0 Å². The van der Waals surface area contributed by atoms with Crippen LogP contribution in [0, 0.1) is 17.2 Å². The molecule has 0 rings (SSSR count). The summed E-state index contributed by atoms with van der Waals surface area (Å²) in [4.78, 5) is 11.0. The molecular formula is C8H14N2O2. The van der Waals surface area contributed by atoms with Crippen molar-refractivity contribution in [2.75, 3.05) is 6.61 Å². The van der Waals surface area contributed by atoms with Crippen LogP contribution in [0.4, 0.5) is 0 Å². The zero-order valence-corrected chi connectivity index (χ0v) is 7.41. The summed E-state index contributed by atoms with van der Waals surface area (Å²) in [7, 11) is 0. The highest BCUT2D eigenvalue weighted by atomic mass is 16.5. The summed E-state index contributed by atoms with van der Waals surface area (Å²) in [5.41, 5.74) is 5.51. The van der Waals surface area contributed by atoms with Gasteiger partial charge in [-0.3, -0.25) is 4.79 Å². The standard InChI is InChI=1S/C8H14N2O2/c1-3-12-8(11)7(10)6(2)4-5-9/h6-7H,3-4,10H2,1-2H3. The average Bonchev–Trinajstić information content (AvgIpc) is 2.04. The summed E-state index contributed by atoms with van der Waals surface area (Å²) in [5.74, 6) is -0.575. The van der Waals surface area contributed by atoms with Gasteiger partial charge in [0.1, 0.15) is 6.04 Å². The van der Waals surface area contributed by atoms with Crippen molar-refractivity contribution in [3.8, 4) is 6.07 Å². The number of carbonyl (C=O) groups is 1. The summed E-state index contributed by atoms with van der Waals surface area (Å²) < 4.78 is 4.70. The lowest BCUT2D eigenvalue weighted by Crippen LogP contribution is -2.38. The zero-order valence-electron chi connectivity index (χ0n) is 7.41. The van der Waals surface area contributed by atoms with Gasteiger partial charge in [-0.2, -0.15) is 5.26 Å². The largest absolute Gasteiger partial charge is 0.465 e. The third-order valence-corrected chi connectivity index (χ3v) is 1.59. The molecule has 0 saturated carbocycles. The minimum atomic E-state index is -0.676. The lowest BCUT2D eigenvalue weighted by molar-refractivity contribution is -0.145. The Hall–Kier alpha value is -1.08. The van der Waals surface area contributed by atoms with Crippen LogP contribution < -0.4 is 5.73 Å². The molecular weight excluding hydrogens is 156 g/mol. The summed E-state index contributed by atoms with van der Waals surface area (Å²) >= 11 is 0. The first-order valence-corrected chi connectivity index (χ1v) is 3.92. The van der Waals surface area contributed by atoms with E-state index in [1.165, 1.54) is 0 Å². The van der Waals surface area contributed by atoms with E-state index < -0.39 is 12.0 Å². The van der Waals surface area contributed by atoms with Crippen molar-refractivity contribution in [2.45, 2.75) is 26.3 Å². The van der Waals surface area contributed by atoms with Crippen molar-refractivity contribution >= 4 is 5.97 Å². The second-order valence-electron chi connectivity index (χ2n) is 2.62. The van der Waals surface area contributed by atoms with E-state index in [2.05, 4.69) is 0 Å². The predicted molar refractivity (Wildman–Crippen MR) is 44.0 cm³/mol. The fourth-order valence-corrected chi connectivity index (χ4v) is 0.742. The van der Waals surface area contributed by atoms with Crippen LogP contribution in [0.2, 0.25) is 0 Å². The molecule has 0 aromatic heterocycles. The highest BCUT2D eigenvalue weighted by Gasteiger charge is 2.21. The molecule has 2 unspecified atom stereocenters. The Balaban J connectivity index is 3.92. The molecule has 0 aliphatic heterocycles. The van der Waals surface area contributed by atoms with Crippen LogP contribution in [-0.4, -0.2) is 18.6 Å². The molecule has 2 N–H and O–H groups in total. The van der Waals surface area contributed by atoms with E-state index in [4.69, 9.17) is 15.7 Å². The monoisotopic (exact) mass is 170 g/mol. The first-order chi connectivity index (χ1) is 5.63. The van der Waals surface area contributed by atoms with Crippen molar-refractivity contribution in [2.24, 2.45) is 11.7 Å². The Bertz CT molecular complexity index is 186. The minimum Gasteiger partial charge on any atom is -0.465 e. The van der Waals surface area contributed by atoms with Gasteiger partial charge in [0, 0.05) is 6.42 Å². The predicted octanol–water partition coefficient (Wildman–Crippen LogP) is 0.427. The number of hydrogen-bond acceptors (Lipinski definition) is 4. The molecule has 4 heteroatoms. The van der Waals surface area contributed by atoms with Crippen LogP contribution in [0.15, 0.2) is 0 Å². The van der Waals surface area contributed by atoms with Gasteiger partial charge in [0.05, 0.1) is 12.7 Å². The number of ether oxygens (including phenoxy) is 1. The summed E-state index contributed by atoms with van der Waals surface area (Å²) in [6, 6.07) is 1.28. The van der Waals surface area contributed by atoms with Crippen LogP contribution in [0.3, 0.4) is 0 Å². The summed E-state index contributed by atoms with van der Waals surface area (Å²) in [5, 5.41) is 8.34. The fourth-order valence-electron chi connectivity index (χ4n) is 0.742. The molecule has 4 nitrogen and oxygen atoms in total. The van der Waals surface area contributed by atoms with E-state index in [-0.39, 0.29) is 12.3 Å². The molecule has 0 spiro atoms. The van der Waals surface area contributed by atoms with Crippen molar-refractivity contribution in [3.63, 3.8) is 0 Å². The molecule has 0 aromatic carbocycles. The average molecular weight is 170 g/mol. The molecule has 0 aliphatic carbocycles. The van der Waals surface area contributed by atoms with Gasteiger partial charge in [0.25, 0.3) is 0 Å². The molecule has 0 fully saturated rings. The number of esters is 1. The van der Waals surface area contributed by atoms with Crippen LogP contribution in [0.25, 0.3) is 0 Å². The van der Waals surface area contributed by atoms with E-state index in [1.807, 2.05) is 6.07 Å². The van der Waals surface area contributed by atoms with Crippen LogP contribution in [0.5, 0.6) is 0 Å². The van der Waals surface area contributed by atoms with Crippen LogP contribution in [0.1, 0.15) is 20.3 Å². The molecule has 0 amide bonds. The van der Waals surface area contributed by atoms with Crippen LogP contribution in [-0.2, 0) is 9.53 Å². The number of hydrogen-bond donors (Lipinski definition) is 1. The van der Waals surface area contributed by atoms with Gasteiger partial charge in [-0.25, -0.2) is 0 Å². The lowest BCUT2D eigenvalue weighted by Gasteiger charge is -2.14. The first-order valence-electron chi connectivity index (χ1n) is 3.92. The minimum absolute atomic E-state index is 0.144. The maximum Gasteiger partial charge on any atom is 0.323 e. The topological polar surface area (TPSA) is 76.1 Å². The van der Waals surface area contributed by atoms with Gasteiger partial charge in [0.15, 0.2) is 0 Å². The third kappa shape index (κ3) is 3.35. The highest BCUT2D eigenvalue weighted by Crippen LogP contribution is 2.06. The molecule has 0 radical (unpaired) electrons. The van der Waals surface area contributed by atoms with Gasteiger partial charge in [-0.15, -0.1) is 0 Å². The van der Waals surface area contributed by atoms with E-state index in [9.17, 15) is 4.79 Å². The van der Waals surface area contributed by atoms with Gasteiger partial charge in [0.2, 0.25) is 0 Å². The SMILES string of the molecule is CCOC(=O)C(N)C(C)CC#N. The van der Waals surface area contributed by atoms with Crippen LogP contribution >= 0.6 is 0 Å². The maximum absolute atomic E-state index is 11.0. The van der Waals surface area contributed by atoms with Crippen molar-refractivity contribution in [1.82, 2.24) is 0 Å². The summed E-state index contributed by atoms with van der Waals surface area (Å²) in [6.45, 7) is 3.80. The molecule has 0 aromatic rings. The Morgan fingerprint density at radius 2 is 2.33 bits per heavy atom. The molecule has 0 saturated heterocycles. The third-order valence-electron chi connectivity index (χ3n) is 1.59. The number of rotatable bonds is 4. The Morgan fingerprint density at radius 1 is 1.75 bits per heavy atom. The Morgan fingerprint density at radius 3 is 2.75 bits per heavy atom. The van der Waals surface area contributed by atoms with Crippen molar-refractivity contribution in [3.05, 3.63) is 0 Å². The van der Waals surface area contributed by atoms with Crippen molar-refractivity contribution in [1.29, 1.82) is 5.26 Å². The summed E-state index contributed by atoms with van der Waals surface area (Å²) in [6.07, 6.45) is 0.278. The Kier molecular flexibility index (Phi) is 5.06. The van der Waals surface area contributed by atoms with Gasteiger partial charge in [-0.05, 0) is 12.8 Å². The molecule has 12 heavy (non-hydrogen) atoms. The molecule has 68 valence electrons. The second-order valence-corrected chi connectivity index (χ2v) is 2.62. The van der Waals surface area contributed by atoms with Gasteiger partial charge < -0.3 is 10.5 Å². The van der Waals surface area contributed by atoms with E-state index in [1.54, 1.807) is 13.8 Å². The molecule has 0 heterocycles. The quantitative estimate of drug-likeness (QED) is 0.620. The number of nitrogens with zero attached hydrogens (tertiary/aromatic N) is 1. The number of nitrogens with two attached hydrogens (primary N) is 1. The van der Waals surface area contributed by atoms with Crippen molar-refractivity contribution < 1.29 is 9.53 Å². The first kappa shape index (κ1) is 10.9. The highest BCUT2D eigenvalue weighted by molar-refractivity contribution is 5.75. The van der Waals surface area contributed by atoms with Gasteiger partial charge >= 0.3 is 5.97 Å². The van der Waals surface area contributed by atoms with Gasteiger partial charge in [-0.1, -0.05) is 6.92 Å². The fraction of sp³-hybridized carbons (Fsp3) is 0.750. The smallest absolute Gasteiger partial charge is 0.323 e. The van der Waals surface area contributed by atoms with E-state index in [0.717, 1.165) is 0 Å². The number of carbonyl (C=O) groups excluding carboxylic acids is 1. The molecule has 0 aliphatic rings. The number of nitriles is 1. The zero-order chi connectivity index (χ0) is 9.56. The normalized spacial score (nSPS) is 14.5. The lowest BCUT2D eigenvalue weighted by atomic mass is 10.0. The maximum atomic E-state index is 11.0. The molecule has 0 bridgehead atoms. The van der Waals surface area contributed by atoms with E-state index in [0.29, 0.717) is 6.61 Å². The Labute approximate surface area is 72.3 Å².